The topological polar surface area (TPSA) is 64.6 Å². The van der Waals surface area contributed by atoms with E-state index in [2.05, 4.69) is 21.4 Å². The van der Waals surface area contributed by atoms with E-state index in [1.807, 2.05) is 0 Å². The molecule has 0 bridgehead atoms. The molecule has 0 saturated heterocycles. The summed E-state index contributed by atoms with van der Waals surface area (Å²) in [4.78, 5) is 22.2. The third kappa shape index (κ3) is 3.93. The van der Waals surface area contributed by atoms with E-state index in [1.54, 1.807) is 0 Å². The highest BCUT2D eigenvalue weighted by molar-refractivity contribution is 5.84. The van der Waals surface area contributed by atoms with Gasteiger partial charge in [-0.2, -0.15) is 0 Å². The van der Waals surface area contributed by atoms with Crippen LogP contribution >= 0.6 is 0 Å². The van der Waals surface area contributed by atoms with Crippen molar-refractivity contribution < 1.29 is 19.1 Å². The third-order valence-corrected chi connectivity index (χ3v) is 1.44. The Hall–Kier alpha value is -1.52. The maximum absolute atomic E-state index is 11.1. The number of ether oxygens (including phenoxy) is 2. The number of alkyl carbamates (subject to hydrolysis) is 1. The number of nitrogens with one attached hydrogen (secondary N) is 1. The van der Waals surface area contributed by atoms with Crippen LogP contribution < -0.4 is 5.32 Å². The number of esters is 1. The average Bonchev–Trinajstić information content (AvgIpc) is 2.12. The first-order valence-corrected chi connectivity index (χ1v) is 4.08. The molecule has 0 heterocycles. The number of carbonyl (C=O) groups is 2. The summed E-state index contributed by atoms with van der Waals surface area (Å²) in [7, 11) is 1.25. The van der Waals surface area contributed by atoms with Crippen LogP contribution in [-0.4, -0.2) is 31.3 Å². The Kier molecular flexibility index (Phi) is 4.69. The van der Waals surface area contributed by atoms with Crippen molar-refractivity contribution in [1.82, 2.24) is 5.32 Å². The molecule has 0 atom stereocenters. The van der Waals surface area contributed by atoms with Crippen LogP contribution in [0.3, 0.4) is 0 Å². The van der Waals surface area contributed by atoms with Gasteiger partial charge in [0.1, 0.15) is 12.1 Å². The molecular formula is C9H15NO4. The SMILES string of the molecule is C=CCOC(=O)NC(C)(C)C(=O)OC. The van der Waals surface area contributed by atoms with Gasteiger partial charge in [0.15, 0.2) is 0 Å². The summed E-state index contributed by atoms with van der Waals surface area (Å²) < 4.78 is 9.14. The first kappa shape index (κ1) is 12.5. The molecule has 1 amide bonds. The maximum atomic E-state index is 11.1. The highest BCUT2D eigenvalue weighted by atomic mass is 16.6. The molecule has 0 unspecified atom stereocenters. The van der Waals surface area contributed by atoms with E-state index in [4.69, 9.17) is 0 Å². The molecule has 0 spiro atoms. The van der Waals surface area contributed by atoms with Crippen LogP contribution in [0.4, 0.5) is 4.79 Å². The van der Waals surface area contributed by atoms with Gasteiger partial charge in [-0.05, 0) is 13.8 Å². The van der Waals surface area contributed by atoms with Crippen LogP contribution in [0.15, 0.2) is 12.7 Å². The summed E-state index contributed by atoms with van der Waals surface area (Å²) in [6.07, 6.45) is 0.755. The first-order valence-electron chi connectivity index (χ1n) is 4.08. The molecule has 0 aliphatic carbocycles. The molecule has 0 saturated carbocycles. The molecular weight excluding hydrogens is 186 g/mol. The van der Waals surface area contributed by atoms with E-state index in [0.717, 1.165) is 0 Å². The molecule has 1 N–H and O–H groups in total. The van der Waals surface area contributed by atoms with Gasteiger partial charge in [0, 0.05) is 0 Å². The maximum Gasteiger partial charge on any atom is 0.408 e. The molecule has 80 valence electrons. The predicted molar refractivity (Wildman–Crippen MR) is 50.8 cm³/mol. The highest BCUT2D eigenvalue weighted by Gasteiger charge is 2.30. The van der Waals surface area contributed by atoms with Gasteiger partial charge in [0.05, 0.1) is 7.11 Å². The number of methoxy groups -OCH3 is 1. The summed E-state index contributed by atoms with van der Waals surface area (Å²) in [5.41, 5.74) is -1.09. The molecule has 5 heteroatoms. The average molecular weight is 201 g/mol. The Morgan fingerprint density at radius 1 is 1.50 bits per heavy atom. The largest absolute Gasteiger partial charge is 0.467 e. The fourth-order valence-electron chi connectivity index (χ4n) is 0.732. The van der Waals surface area contributed by atoms with Gasteiger partial charge in [0.25, 0.3) is 0 Å². The number of hydrogen-bond acceptors (Lipinski definition) is 4. The summed E-state index contributed by atoms with van der Waals surface area (Å²) in [5, 5.41) is 2.36. The summed E-state index contributed by atoms with van der Waals surface area (Å²) >= 11 is 0. The second-order valence-corrected chi connectivity index (χ2v) is 3.13. The number of amides is 1. The lowest BCUT2D eigenvalue weighted by Gasteiger charge is -2.22. The Balaban J connectivity index is 4.14. The van der Waals surface area contributed by atoms with Crippen LogP contribution in [0.5, 0.6) is 0 Å². The van der Waals surface area contributed by atoms with Crippen LogP contribution in [0, 0.1) is 0 Å². The lowest BCUT2D eigenvalue weighted by atomic mass is 10.1. The number of rotatable bonds is 4. The van der Waals surface area contributed by atoms with E-state index in [0.29, 0.717) is 0 Å². The second-order valence-electron chi connectivity index (χ2n) is 3.13. The minimum Gasteiger partial charge on any atom is -0.467 e. The molecule has 0 aliphatic heterocycles. The van der Waals surface area contributed by atoms with E-state index in [9.17, 15) is 9.59 Å². The van der Waals surface area contributed by atoms with Crippen molar-refractivity contribution in [2.75, 3.05) is 13.7 Å². The minimum atomic E-state index is -1.09. The summed E-state index contributed by atoms with van der Waals surface area (Å²) in [6.45, 7) is 6.53. The van der Waals surface area contributed by atoms with E-state index < -0.39 is 17.6 Å². The van der Waals surface area contributed by atoms with Gasteiger partial charge in [-0.1, -0.05) is 12.7 Å². The molecule has 0 rings (SSSR count). The zero-order chi connectivity index (χ0) is 11.2. The fourth-order valence-corrected chi connectivity index (χ4v) is 0.732. The second kappa shape index (κ2) is 5.26. The molecule has 0 aliphatic rings. The zero-order valence-electron chi connectivity index (χ0n) is 8.62. The monoisotopic (exact) mass is 201 g/mol. The highest BCUT2D eigenvalue weighted by Crippen LogP contribution is 2.04. The first-order chi connectivity index (χ1) is 6.44. The molecule has 0 aromatic rings. The van der Waals surface area contributed by atoms with Crippen molar-refractivity contribution >= 4 is 12.1 Å². The summed E-state index contributed by atoms with van der Waals surface area (Å²) in [5.74, 6) is -0.534. The van der Waals surface area contributed by atoms with Gasteiger partial charge in [0.2, 0.25) is 0 Å². The zero-order valence-corrected chi connectivity index (χ0v) is 8.62. The number of carbonyl (C=O) groups excluding carboxylic acids is 2. The van der Waals surface area contributed by atoms with Crippen molar-refractivity contribution in [2.24, 2.45) is 0 Å². The van der Waals surface area contributed by atoms with Gasteiger partial charge in [-0.25, -0.2) is 9.59 Å². The normalized spacial score (nSPS) is 10.2. The quantitative estimate of drug-likeness (QED) is 0.541. The van der Waals surface area contributed by atoms with Gasteiger partial charge < -0.3 is 14.8 Å². The molecule has 14 heavy (non-hydrogen) atoms. The van der Waals surface area contributed by atoms with E-state index in [-0.39, 0.29) is 6.61 Å². The standard InChI is InChI=1S/C9H15NO4/c1-5-6-14-8(12)10-9(2,3)7(11)13-4/h5H,1,6H2,2-4H3,(H,10,12). The van der Waals surface area contributed by atoms with E-state index >= 15 is 0 Å². The van der Waals surface area contributed by atoms with Crippen molar-refractivity contribution in [3.63, 3.8) is 0 Å². The minimum absolute atomic E-state index is 0.100. The van der Waals surface area contributed by atoms with Gasteiger partial charge >= 0.3 is 12.1 Å². The Labute approximate surface area is 83.1 Å². The van der Waals surface area contributed by atoms with Crippen LogP contribution in [0.2, 0.25) is 0 Å². The Bertz CT molecular complexity index is 235. The van der Waals surface area contributed by atoms with Crippen LogP contribution in [-0.2, 0) is 14.3 Å². The fraction of sp³-hybridized carbons (Fsp3) is 0.556. The molecule has 0 fully saturated rings. The Morgan fingerprint density at radius 2 is 2.07 bits per heavy atom. The Morgan fingerprint density at radius 3 is 2.50 bits per heavy atom. The van der Waals surface area contributed by atoms with Crippen molar-refractivity contribution in [3.8, 4) is 0 Å². The molecule has 0 aromatic carbocycles. The van der Waals surface area contributed by atoms with E-state index in [1.165, 1.54) is 27.0 Å². The molecule has 0 aromatic heterocycles. The van der Waals surface area contributed by atoms with Gasteiger partial charge in [-0.3, -0.25) is 0 Å². The third-order valence-electron chi connectivity index (χ3n) is 1.44. The molecule has 0 radical (unpaired) electrons. The molecule has 5 nitrogen and oxygen atoms in total. The smallest absolute Gasteiger partial charge is 0.408 e. The van der Waals surface area contributed by atoms with Crippen molar-refractivity contribution in [1.29, 1.82) is 0 Å². The number of hydrogen-bond donors (Lipinski definition) is 1. The lowest BCUT2D eigenvalue weighted by Crippen LogP contribution is -2.50. The van der Waals surface area contributed by atoms with Crippen LogP contribution in [0.1, 0.15) is 13.8 Å². The van der Waals surface area contributed by atoms with Crippen molar-refractivity contribution in [3.05, 3.63) is 12.7 Å². The van der Waals surface area contributed by atoms with Crippen molar-refractivity contribution in [2.45, 2.75) is 19.4 Å². The predicted octanol–water partition coefficient (Wildman–Crippen LogP) is 0.850. The lowest BCUT2D eigenvalue weighted by molar-refractivity contribution is -0.146. The van der Waals surface area contributed by atoms with Gasteiger partial charge in [-0.15, -0.1) is 0 Å². The summed E-state index contributed by atoms with van der Waals surface area (Å²) in [6, 6.07) is 0. The van der Waals surface area contributed by atoms with Crippen LogP contribution in [0.25, 0.3) is 0 Å².